The molecule has 0 aliphatic carbocycles. The minimum absolute atomic E-state index is 0.127. The third-order valence-corrected chi connectivity index (χ3v) is 6.90. The number of thioether (sulfide) groups is 1. The van der Waals surface area contributed by atoms with E-state index in [1.165, 1.54) is 11.8 Å². The van der Waals surface area contributed by atoms with Crippen LogP contribution in [0.4, 0.5) is 5.69 Å². The maximum atomic E-state index is 12.6. The zero-order valence-corrected chi connectivity index (χ0v) is 20.3. The van der Waals surface area contributed by atoms with Crippen molar-refractivity contribution in [1.29, 1.82) is 0 Å². The summed E-state index contributed by atoms with van der Waals surface area (Å²) < 4.78 is 13.3. The lowest BCUT2D eigenvalue weighted by Crippen LogP contribution is -2.14. The molecular weight excluding hydrogens is 480 g/mol. The molecule has 3 heterocycles. The molecule has 3 aromatic heterocycles. The van der Waals surface area contributed by atoms with Crippen LogP contribution in [0.15, 0.2) is 100 Å². The van der Waals surface area contributed by atoms with Crippen LogP contribution in [0.25, 0.3) is 10.7 Å². The number of rotatable bonds is 10. The Balaban J connectivity index is 1.19. The molecular formula is C26H22N4O3S2. The van der Waals surface area contributed by atoms with Gasteiger partial charge in [-0.1, -0.05) is 48.2 Å². The van der Waals surface area contributed by atoms with Crippen molar-refractivity contribution in [3.63, 3.8) is 0 Å². The van der Waals surface area contributed by atoms with Crippen LogP contribution in [0.2, 0.25) is 0 Å². The van der Waals surface area contributed by atoms with Gasteiger partial charge in [0, 0.05) is 5.69 Å². The van der Waals surface area contributed by atoms with E-state index in [2.05, 4.69) is 15.5 Å². The van der Waals surface area contributed by atoms with Crippen molar-refractivity contribution >= 4 is 34.7 Å². The fourth-order valence-electron chi connectivity index (χ4n) is 3.39. The van der Waals surface area contributed by atoms with E-state index in [1.54, 1.807) is 17.6 Å². The fourth-order valence-corrected chi connectivity index (χ4v) is 4.84. The number of ether oxygens (including phenoxy) is 1. The molecule has 5 rings (SSSR count). The van der Waals surface area contributed by atoms with Gasteiger partial charge in [-0.15, -0.1) is 21.5 Å². The van der Waals surface area contributed by atoms with E-state index in [1.807, 2.05) is 88.8 Å². The molecule has 0 atom stereocenters. The minimum atomic E-state index is -0.127. The van der Waals surface area contributed by atoms with Gasteiger partial charge in [0.1, 0.15) is 18.1 Å². The van der Waals surface area contributed by atoms with Gasteiger partial charge in [0.25, 0.3) is 0 Å². The predicted octanol–water partition coefficient (Wildman–Crippen LogP) is 5.96. The molecule has 0 unspecified atom stereocenters. The highest BCUT2D eigenvalue weighted by Gasteiger charge is 2.17. The number of nitrogens with zero attached hydrogens (tertiary/aromatic N) is 3. The van der Waals surface area contributed by atoms with Crippen LogP contribution >= 0.6 is 23.1 Å². The van der Waals surface area contributed by atoms with Crippen LogP contribution in [0.5, 0.6) is 5.75 Å². The molecule has 0 aliphatic heterocycles. The first-order valence-electron chi connectivity index (χ1n) is 10.9. The Morgan fingerprint density at radius 1 is 1.00 bits per heavy atom. The smallest absolute Gasteiger partial charge is 0.234 e. The summed E-state index contributed by atoms with van der Waals surface area (Å²) in [6, 6.07) is 25.1. The van der Waals surface area contributed by atoms with E-state index in [9.17, 15) is 4.79 Å². The summed E-state index contributed by atoms with van der Waals surface area (Å²) in [5, 5.41) is 14.3. The Kier molecular flexibility index (Phi) is 7.26. The summed E-state index contributed by atoms with van der Waals surface area (Å²) in [5.41, 5.74) is 1.81. The van der Waals surface area contributed by atoms with Crippen LogP contribution in [0.3, 0.4) is 0 Å². The van der Waals surface area contributed by atoms with Crippen molar-refractivity contribution in [2.24, 2.45) is 0 Å². The molecule has 2 aromatic carbocycles. The monoisotopic (exact) mass is 502 g/mol. The molecule has 0 spiro atoms. The first-order chi connectivity index (χ1) is 17.2. The molecule has 7 nitrogen and oxygen atoms in total. The first kappa shape index (κ1) is 22.9. The number of carbonyl (C=O) groups excluding carboxylic acids is 1. The first-order valence-corrected chi connectivity index (χ1v) is 12.8. The summed E-state index contributed by atoms with van der Waals surface area (Å²) in [5.74, 6) is 2.37. The number of thiophene rings is 1. The van der Waals surface area contributed by atoms with Crippen molar-refractivity contribution in [3.8, 4) is 16.5 Å². The zero-order valence-electron chi connectivity index (χ0n) is 18.7. The van der Waals surface area contributed by atoms with Gasteiger partial charge in [-0.3, -0.25) is 9.36 Å². The van der Waals surface area contributed by atoms with E-state index < -0.39 is 0 Å². The second kappa shape index (κ2) is 11.1. The van der Waals surface area contributed by atoms with E-state index in [0.717, 1.165) is 27.8 Å². The predicted molar refractivity (Wildman–Crippen MR) is 138 cm³/mol. The molecule has 1 amide bonds. The highest BCUT2D eigenvalue weighted by Crippen LogP contribution is 2.28. The van der Waals surface area contributed by atoms with Crippen molar-refractivity contribution in [2.75, 3.05) is 11.1 Å². The Morgan fingerprint density at radius 2 is 1.86 bits per heavy atom. The van der Waals surface area contributed by atoms with Gasteiger partial charge in [-0.2, -0.15) is 0 Å². The highest BCUT2D eigenvalue weighted by atomic mass is 32.2. The molecule has 9 heteroatoms. The third-order valence-electron chi connectivity index (χ3n) is 5.07. The standard InChI is InChI=1S/C26H22N4O3S2/c31-24(27-20-10-12-21(13-11-20)33-17-19-6-2-1-3-7-19)18-35-26-29-28-25(23-9-5-15-34-23)30(26)16-22-8-4-14-32-22/h1-15H,16-18H2,(H,27,31). The van der Waals surface area contributed by atoms with Crippen molar-refractivity contribution in [2.45, 2.75) is 18.3 Å². The molecule has 1 N–H and O–H groups in total. The number of amides is 1. The Bertz CT molecular complexity index is 1350. The molecule has 0 bridgehead atoms. The molecule has 0 saturated heterocycles. The Morgan fingerprint density at radius 3 is 2.60 bits per heavy atom. The normalized spacial score (nSPS) is 10.9. The number of nitrogens with one attached hydrogen (secondary N) is 1. The summed E-state index contributed by atoms with van der Waals surface area (Å²) in [6.07, 6.45) is 1.64. The summed E-state index contributed by atoms with van der Waals surface area (Å²) >= 11 is 2.93. The molecule has 176 valence electrons. The summed E-state index contributed by atoms with van der Waals surface area (Å²) in [4.78, 5) is 13.6. The van der Waals surface area contributed by atoms with Crippen LogP contribution in [-0.2, 0) is 17.9 Å². The quantitative estimate of drug-likeness (QED) is 0.237. The number of aromatic nitrogens is 3. The maximum Gasteiger partial charge on any atom is 0.234 e. The van der Waals surface area contributed by atoms with Crippen molar-refractivity contribution < 1.29 is 13.9 Å². The van der Waals surface area contributed by atoms with E-state index in [-0.39, 0.29) is 11.7 Å². The molecule has 0 radical (unpaired) electrons. The second-order valence-electron chi connectivity index (χ2n) is 7.58. The second-order valence-corrected chi connectivity index (χ2v) is 9.47. The van der Waals surface area contributed by atoms with Crippen LogP contribution in [0.1, 0.15) is 11.3 Å². The minimum Gasteiger partial charge on any atom is -0.489 e. The molecule has 0 fully saturated rings. The maximum absolute atomic E-state index is 12.6. The van der Waals surface area contributed by atoms with Crippen LogP contribution < -0.4 is 10.1 Å². The van der Waals surface area contributed by atoms with Gasteiger partial charge in [0.05, 0.1) is 23.4 Å². The summed E-state index contributed by atoms with van der Waals surface area (Å²) in [7, 11) is 0. The number of anilines is 1. The lowest BCUT2D eigenvalue weighted by Gasteiger charge is -2.09. The average molecular weight is 503 g/mol. The van der Waals surface area contributed by atoms with Gasteiger partial charge < -0.3 is 14.5 Å². The SMILES string of the molecule is O=C(CSc1nnc(-c2cccs2)n1Cc1ccco1)Nc1ccc(OCc2ccccc2)cc1. The van der Waals surface area contributed by atoms with E-state index >= 15 is 0 Å². The van der Waals surface area contributed by atoms with Crippen LogP contribution in [0, 0.1) is 0 Å². The molecule has 0 saturated carbocycles. The van der Waals surface area contributed by atoms with Gasteiger partial charge in [0.2, 0.25) is 5.91 Å². The molecule has 0 aliphatic rings. The summed E-state index contributed by atoms with van der Waals surface area (Å²) in [6.45, 7) is 0.983. The number of hydrogen-bond donors (Lipinski definition) is 1. The van der Waals surface area contributed by atoms with E-state index in [4.69, 9.17) is 9.15 Å². The lowest BCUT2D eigenvalue weighted by molar-refractivity contribution is -0.113. The van der Waals surface area contributed by atoms with Gasteiger partial charge >= 0.3 is 0 Å². The Labute approximate surface area is 210 Å². The fraction of sp³-hybridized carbons (Fsp3) is 0.115. The van der Waals surface area contributed by atoms with Gasteiger partial charge in [-0.05, 0) is 53.4 Å². The van der Waals surface area contributed by atoms with E-state index in [0.29, 0.717) is 24.0 Å². The lowest BCUT2D eigenvalue weighted by atomic mass is 10.2. The van der Waals surface area contributed by atoms with Gasteiger partial charge in [0.15, 0.2) is 11.0 Å². The topological polar surface area (TPSA) is 82.2 Å². The van der Waals surface area contributed by atoms with Crippen LogP contribution in [-0.4, -0.2) is 26.4 Å². The highest BCUT2D eigenvalue weighted by molar-refractivity contribution is 7.99. The number of furan rings is 1. The average Bonchev–Trinajstić information content (AvgIpc) is 3.66. The largest absolute Gasteiger partial charge is 0.489 e. The zero-order chi connectivity index (χ0) is 23.9. The van der Waals surface area contributed by atoms with Crippen molar-refractivity contribution in [3.05, 3.63) is 102 Å². The van der Waals surface area contributed by atoms with Crippen molar-refractivity contribution in [1.82, 2.24) is 14.8 Å². The number of hydrogen-bond acceptors (Lipinski definition) is 7. The third kappa shape index (κ3) is 6.00. The number of benzene rings is 2. The van der Waals surface area contributed by atoms with Gasteiger partial charge in [-0.25, -0.2) is 0 Å². The number of carbonyl (C=O) groups is 1. The molecule has 35 heavy (non-hydrogen) atoms. The Hall–Kier alpha value is -3.82. The molecule has 5 aromatic rings.